The number of carbonyl (C=O) groups excluding carboxylic acids is 1. The molecule has 7 nitrogen and oxygen atoms in total. The zero-order chi connectivity index (χ0) is 21.1. The summed E-state index contributed by atoms with van der Waals surface area (Å²) in [4.78, 5) is 14.1. The van der Waals surface area contributed by atoms with Crippen molar-refractivity contribution in [3.8, 4) is 5.75 Å². The van der Waals surface area contributed by atoms with Crippen molar-refractivity contribution in [2.24, 2.45) is 0 Å². The van der Waals surface area contributed by atoms with Gasteiger partial charge in [0.2, 0.25) is 0 Å². The Morgan fingerprint density at radius 3 is 2.55 bits per heavy atom. The quantitative estimate of drug-likeness (QED) is 0.489. The van der Waals surface area contributed by atoms with Crippen LogP contribution in [-0.2, 0) is 4.74 Å². The Balaban J connectivity index is 1.77. The van der Waals surface area contributed by atoms with Gasteiger partial charge in [-0.2, -0.15) is 0 Å². The number of benzene rings is 1. The van der Waals surface area contributed by atoms with Crippen molar-refractivity contribution in [2.45, 2.75) is 58.2 Å². The maximum absolute atomic E-state index is 11.8. The van der Waals surface area contributed by atoms with Gasteiger partial charge in [-0.3, -0.25) is 10.2 Å². The Hall–Kier alpha value is -1.83. The van der Waals surface area contributed by atoms with Crippen molar-refractivity contribution in [1.82, 2.24) is 10.2 Å². The summed E-state index contributed by atoms with van der Waals surface area (Å²) in [5.41, 5.74) is -0.0767. The lowest BCUT2D eigenvalue weighted by atomic mass is 10.0. The minimum atomic E-state index is -0.725. The van der Waals surface area contributed by atoms with E-state index in [9.17, 15) is 9.90 Å². The second-order valence-electron chi connectivity index (χ2n) is 8.12. The third-order valence-electron chi connectivity index (χ3n) is 5.16. The van der Waals surface area contributed by atoms with Crippen LogP contribution in [0.25, 0.3) is 0 Å². The summed E-state index contributed by atoms with van der Waals surface area (Å²) in [6.45, 7) is 10.7. The van der Waals surface area contributed by atoms with Crippen molar-refractivity contribution in [3.63, 3.8) is 0 Å². The first-order valence-electron chi connectivity index (χ1n) is 10.7. The molecule has 29 heavy (non-hydrogen) atoms. The van der Waals surface area contributed by atoms with Crippen LogP contribution in [0.3, 0.4) is 0 Å². The molecule has 1 saturated heterocycles. The molecule has 1 unspecified atom stereocenters. The molecule has 0 spiro atoms. The zero-order valence-corrected chi connectivity index (χ0v) is 18.1. The second-order valence-corrected chi connectivity index (χ2v) is 8.12. The first-order chi connectivity index (χ1) is 13.9. The van der Waals surface area contributed by atoms with Crippen molar-refractivity contribution in [1.29, 1.82) is 0 Å². The Morgan fingerprint density at radius 1 is 1.21 bits per heavy atom. The SMILES string of the molecule is CCCCCCOC(=O)Nc1ccc(OC(C)(C)C(O)CN2CCNCC2)cc1. The molecule has 2 rings (SSSR count). The van der Waals surface area contributed by atoms with Crippen LogP contribution in [-0.4, -0.2) is 67.1 Å². The van der Waals surface area contributed by atoms with Gasteiger partial charge < -0.3 is 19.9 Å². The van der Waals surface area contributed by atoms with Gasteiger partial charge in [0.15, 0.2) is 0 Å². The molecule has 7 heteroatoms. The van der Waals surface area contributed by atoms with Crippen LogP contribution in [0.5, 0.6) is 5.75 Å². The monoisotopic (exact) mass is 407 g/mol. The van der Waals surface area contributed by atoms with E-state index in [0.29, 0.717) is 24.6 Å². The van der Waals surface area contributed by atoms with Crippen molar-refractivity contribution in [3.05, 3.63) is 24.3 Å². The van der Waals surface area contributed by atoms with Crippen LogP contribution in [0.2, 0.25) is 0 Å². The summed E-state index contributed by atoms with van der Waals surface area (Å²) in [5.74, 6) is 0.646. The number of hydrogen-bond donors (Lipinski definition) is 3. The summed E-state index contributed by atoms with van der Waals surface area (Å²) in [6, 6.07) is 7.12. The normalized spacial score (nSPS) is 16.3. The van der Waals surface area contributed by atoms with Crippen molar-refractivity contribution < 1.29 is 19.4 Å². The van der Waals surface area contributed by atoms with Crippen molar-refractivity contribution >= 4 is 11.8 Å². The van der Waals surface area contributed by atoms with E-state index in [4.69, 9.17) is 9.47 Å². The number of nitrogens with one attached hydrogen (secondary N) is 2. The first-order valence-corrected chi connectivity index (χ1v) is 10.7. The lowest BCUT2D eigenvalue weighted by molar-refractivity contribution is -0.0455. The van der Waals surface area contributed by atoms with Gasteiger partial charge in [-0.1, -0.05) is 26.2 Å². The minimum absolute atomic E-state index is 0.437. The standard InChI is InChI=1S/C22H37N3O4/c1-4-5-6-7-16-28-21(27)24-18-8-10-19(11-9-18)29-22(2,3)20(26)17-25-14-12-23-13-15-25/h8-11,20,23,26H,4-7,12-17H2,1-3H3,(H,24,27). The first kappa shape index (κ1) is 23.4. The van der Waals surface area contributed by atoms with E-state index >= 15 is 0 Å². The molecule has 1 fully saturated rings. The molecule has 0 saturated carbocycles. The fourth-order valence-electron chi connectivity index (χ4n) is 3.18. The number of aliphatic hydroxyl groups excluding tert-OH is 1. The number of nitrogens with zero attached hydrogens (tertiary/aromatic N) is 1. The van der Waals surface area contributed by atoms with Crippen LogP contribution in [0.15, 0.2) is 24.3 Å². The summed E-state index contributed by atoms with van der Waals surface area (Å²) < 4.78 is 11.2. The molecule has 0 aromatic heterocycles. The summed E-state index contributed by atoms with van der Waals surface area (Å²) in [7, 11) is 0. The number of piperazine rings is 1. The highest BCUT2D eigenvalue weighted by Gasteiger charge is 2.31. The van der Waals surface area contributed by atoms with Gasteiger partial charge in [-0.05, 0) is 44.5 Å². The number of carbonyl (C=O) groups is 1. The molecule has 164 valence electrons. The predicted molar refractivity (Wildman–Crippen MR) is 116 cm³/mol. The molecule has 1 aromatic carbocycles. The average Bonchev–Trinajstić information content (AvgIpc) is 2.70. The van der Waals surface area contributed by atoms with Gasteiger partial charge in [0.25, 0.3) is 0 Å². The molecular weight excluding hydrogens is 370 g/mol. The topological polar surface area (TPSA) is 83.1 Å². The highest BCUT2D eigenvalue weighted by molar-refractivity contribution is 5.84. The van der Waals surface area contributed by atoms with Gasteiger partial charge in [0, 0.05) is 38.4 Å². The molecule has 0 bridgehead atoms. The van der Waals surface area contributed by atoms with Gasteiger partial charge in [-0.25, -0.2) is 4.79 Å². The number of rotatable bonds is 11. The average molecular weight is 408 g/mol. The molecule has 1 aliphatic heterocycles. The number of hydrogen-bond acceptors (Lipinski definition) is 6. The predicted octanol–water partition coefficient (Wildman–Crippen LogP) is 3.24. The van der Waals surface area contributed by atoms with Crippen molar-refractivity contribution in [2.75, 3.05) is 44.6 Å². The van der Waals surface area contributed by atoms with Gasteiger partial charge in [-0.15, -0.1) is 0 Å². The Morgan fingerprint density at radius 2 is 1.90 bits per heavy atom. The minimum Gasteiger partial charge on any atom is -0.485 e. The molecule has 0 aliphatic carbocycles. The molecule has 1 heterocycles. The van der Waals surface area contributed by atoms with E-state index in [1.54, 1.807) is 24.3 Å². The third kappa shape index (κ3) is 8.60. The molecule has 1 amide bonds. The maximum Gasteiger partial charge on any atom is 0.411 e. The lowest BCUT2D eigenvalue weighted by Gasteiger charge is -2.36. The number of unbranched alkanes of at least 4 members (excludes halogenated alkanes) is 3. The molecule has 0 radical (unpaired) electrons. The fourth-order valence-corrected chi connectivity index (χ4v) is 3.18. The summed E-state index contributed by atoms with van der Waals surface area (Å²) >= 11 is 0. The summed E-state index contributed by atoms with van der Waals surface area (Å²) in [5, 5.41) is 16.7. The summed E-state index contributed by atoms with van der Waals surface area (Å²) in [6.07, 6.45) is 3.23. The van der Waals surface area contributed by atoms with E-state index in [1.807, 2.05) is 13.8 Å². The Kier molecular flexibility index (Phi) is 9.70. The van der Waals surface area contributed by atoms with E-state index in [1.165, 1.54) is 0 Å². The van der Waals surface area contributed by atoms with Crippen LogP contribution < -0.4 is 15.4 Å². The number of amides is 1. The smallest absolute Gasteiger partial charge is 0.411 e. The van der Waals surface area contributed by atoms with Gasteiger partial charge in [0.05, 0.1) is 6.61 Å². The second kappa shape index (κ2) is 12.0. The Labute approximate surface area is 174 Å². The van der Waals surface area contributed by atoms with Crippen LogP contribution in [0, 0.1) is 0 Å². The van der Waals surface area contributed by atoms with E-state index < -0.39 is 17.8 Å². The maximum atomic E-state index is 11.8. The van der Waals surface area contributed by atoms with E-state index in [0.717, 1.165) is 51.9 Å². The highest BCUT2D eigenvalue weighted by atomic mass is 16.5. The molecule has 3 N–H and O–H groups in total. The lowest BCUT2D eigenvalue weighted by Crippen LogP contribution is -2.52. The van der Waals surface area contributed by atoms with Gasteiger partial charge >= 0.3 is 6.09 Å². The number of anilines is 1. The molecular formula is C22H37N3O4. The van der Waals surface area contributed by atoms with Gasteiger partial charge in [0.1, 0.15) is 17.5 Å². The van der Waals surface area contributed by atoms with Crippen LogP contribution >= 0.6 is 0 Å². The molecule has 1 aromatic rings. The number of β-amino-alcohol motifs (C(OH)–C–C–N with tert-alkyl or cyclic N) is 1. The number of aliphatic hydroxyl groups is 1. The zero-order valence-electron chi connectivity index (χ0n) is 18.1. The van der Waals surface area contributed by atoms with Crippen LogP contribution in [0.4, 0.5) is 10.5 Å². The van der Waals surface area contributed by atoms with E-state index in [2.05, 4.69) is 22.5 Å². The van der Waals surface area contributed by atoms with E-state index in [-0.39, 0.29) is 0 Å². The molecule has 1 atom stereocenters. The number of ether oxygens (including phenoxy) is 2. The van der Waals surface area contributed by atoms with Crippen LogP contribution in [0.1, 0.15) is 46.5 Å². The fraction of sp³-hybridized carbons (Fsp3) is 0.682. The largest absolute Gasteiger partial charge is 0.485 e. The third-order valence-corrected chi connectivity index (χ3v) is 5.16. The molecule has 1 aliphatic rings. The Bertz CT molecular complexity index is 601. The highest BCUT2D eigenvalue weighted by Crippen LogP contribution is 2.24.